The van der Waals surface area contributed by atoms with E-state index in [1.54, 1.807) is 6.20 Å². The highest BCUT2D eigenvalue weighted by molar-refractivity contribution is 5.98. The summed E-state index contributed by atoms with van der Waals surface area (Å²) in [5.74, 6) is -0.0922. The molecular weight excluding hydrogens is 332 g/mol. The van der Waals surface area contributed by atoms with Crippen molar-refractivity contribution in [3.63, 3.8) is 0 Å². The van der Waals surface area contributed by atoms with Crippen LogP contribution in [-0.4, -0.2) is 22.8 Å². The van der Waals surface area contributed by atoms with Gasteiger partial charge in [-0.3, -0.25) is 19.9 Å². The van der Waals surface area contributed by atoms with Crippen LogP contribution >= 0.6 is 0 Å². The van der Waals surface area contributed by atoms with Gasteiger partial charge >= 0.3 is 5.69 Å². The number of hydrogen-bond acceptors (Lipinski definition) is 5. The van der Waals surface area contributed by atoms with Gasteiger partial charge in [-0.25, -0.2) is 0 Å². The van der Waals surface area contributed by atoms with Crippen LogP contribution < -0.4 is 4.74 Å². The predicted octanol–water partition coefficient (Wildman–Crippen LogP) is 4.09. The molecule has 0 bridgehead atoms. The number of pyridine rings is 1. The van der Waals surface area contributed by atoms with Gasteiger partial charge in [0.15, 0.2) is 11.5 Å². The molecular formula is C20H16N2O4. The van der Waals surface area contributed by atoms with Gasteiger partial charge in [-0.2, -0.15) is 0 Å². The average Bonchev–Trinajstić information content (AvgIpc) is 2.68. The number of Topliss-reactive ketones (excluding diaryl/α,β-unsaturated/α-hetero) is 1. The molecule has 0 fully saturated rings. The number of rotatable bonds is 6. The Morgan fingerprint density at radius 2 is 1.88 bits per heavy atom. The molecule has 0 aliphatic rings. The average molecular weight is 348 g/mol. The standard InChI is InChI=1S/C20H16N2O4/c1-26-20-10-8-16(12-18(20)22(24)25)19(23)11-14-7-9-17(21-13-14)15-5-3-2-4-6-15/h2-10,12-13H,11H2,1H3. The summed E-state index contributed by atoms with van der Waals surface area (Å²) in [4.78, 5) is 27.4. The zero-order valence-corrected chi connectivity index (χ0v) is 14.1. The van der Waals surface area contributed by atoms with Crippen molar-refractivity contribution in [2.75, 3.05) is 7.11 Å². The van der Waals surface area contributed by atoms with Crippen LogP contribution in [0.2, 0.25) is 0 Å². The number of carbonyl (C=O) groups is 1. The van der Waals surface area contributed by atoms with Crippen LogP contribution in [-0.2, 0) is 6.42 Å². The third-order valence-electron chi connectivity index (χ3n) is 3.96. The summed E-state index contributed by atoms with van der Waals surface area (Å²) in [5, 5.41) is 11.1. The van der Waals surface area contributed by atoms with Crippen LogP contribution in [0.1, 0.15) is 15.9 Å². The van der Waals surface area contributed by atoms with Crippen molar-refractivity contribution in [3.05, 3.63) is 88.1 Å². The van der Waals surface area contributed by atoms with Gasteiger partial charge in [0, 0.05) is 29.8 Å². The summed E-state index contributed by atoms with van der Waals surface area (Å²) in [7, 11) is 1.35. The lowest BCUT2D eigenvalue weighted by Gasteiger charge is -2.06. The molecule has 2 aromatic carbocycles. The molecule has 1 aromatic heterocycles. The van der Waals surface area contributed by atoms with E-state index in [1.165, 1.54) is 25.3 Å². The van der Waals surface area contributed by atoms with Crippen LogP contribution in [0.15, 0.2) is 66.9 Å². The van der Waals surface area contributed by atoms with Crippen LogP contribution in [0.5, 0.6) is 5.75 Å². The first-order valence-electron chi connectivity index (χ1n) is 7.94. The summed E-state index contributed by atoms with van der Waals surface area (Å²) in [6, 6.07) is 17.6. The van der Waals surface area contributed by atoms with Gasteiger partial charge in [0.25, 0.3) is 0 Å². The Bertz CT molecular complexity index is 938. The fraction of sp³-hybridized carbons (Fsp3) is 0.100. The van der Waals surface area contributed by atoms with E-state index in [2.05, 4.69) is 4.98 Å². The molecule has 130 valence electrons. The van der Waals surface area contributed by atoms with Crippen molar-refractivity contribution in [2.45, 2.75) is 6.42 Å². The highest BCUT2D eigenvalue weighted by Gasteiger charge is 2.18. The Kier molecular flexibility index (Phi) is 5.03. The second kappa shape index (κ2) is 7.57. The molecule has 6 nitrogen and oxygen atoms in total. The normalized spacial score (nSPS) is 10.3. The fourth-order valence-electron chi connectivity index (χ4n) is 2.60. The van der Waals surface area contributed by atoms with Crippen molar-refractivity contribution in [1.82, 2.24) is 4.98 Å². The number of nitrogens with zero attached hydrogens (tertiary/aromatic N) is 2. The summed E-state index contributed by atoms with van der Waals surface area (Å²) >= 11 is 0. The molecule has 6 heteroatoms. The Morgan fingerprint density at radius 3 is 2.50 bits per heavy atom. The maximum Gasteiger partial charge on any atom is 0.311 e. The number of hydrogen-bond donors (Lipinski definition) is 0. The van der Waals surface area contributed by atoms with E-state index >= 15 is 0 Å². The molecule has 0 N–H and O–H groups in total. The van der Waals surface area contributed by atoms with E-state index in [9.17, 15) is 14.9 Å². The molecule has 0 saturated carbocycles. The Balaban J connectivity index is 1.78. The first-order valence-corrected chi connectivity index (χ1v) is 7.94. The topological polar surface area (TPSA) is 82.3 Å². The highest BCUT2D eigenvalue weighted by atomic mass is 16.6. The van der Waals surface area contributed by atoms with Gasteiger partial charge in [0.1, 0.15) is 0 Å². The van der Waals surface area contributed by atoms with Crippen LogP contribution in [0.25, 0.3) is 11.3 Å². The molecule has 0 amide bonds. The number of ketones is 1. The van der Waals surface area contributed by atoms with Gasteiger partial charge in [-0.05, 0) is 23.8 Å². The van der Waals surface area contributed by atoms with Gasteiger partial charge in [-0.1, -0.05) is 36.4 Å². The van der Waals surface area contributed by atoms with Gasteiger partial charge in [-0.15, -0.1) is 0 Å². The highest BCUT2D eigenvalue weighted by Crippen LogP contribution is 2.28. The Morgan fingerprint density at radius 1 is 1.12 bits per heavy atom. The summed E-state index contributed by atoms with van der Waals surface area (Å²) in [6.07, 6.45) is 1.77. The maximum atomic E-state index is 12.5. The van der Waals surface area contributed by atoms with E-state index in [4.69, 9.17) is 4.74 Å². The largest absolute Gasteiger partial charge is 0.490 e. The summed E-state index contributed by atoms with van der Waals surface area (Å²) in [6.45, 7) is 0. The fourth-order valence-corrected chi connectivity index (χ4v) is 2.60. The van der Waals surface area contributed by atoms with E-state index in [0.717, 1.165) is 16.8 Å². The third-order valence-corrected chi connectivity index (χ3v) is 3.96. The van der Waals surface area contributed by atoms with E-state index in [1.807, 2.05) is 42.5 Å². The molecule has 1 heterocycles. The Labute approximate surface area is 150 Å². The predicted molar refractivity (Wildman–Crippen MR) is 97.4 cm³/mol. The van der Waals surface area contributed by atoms with E-state index in [0.29, 0.717) is 0 Å². The minimum absolute atomic E-state index is 0.117. The number of carbonyl (C=O) groups excluding carboxylic acids is 1. The maximum absolute atomic E-state index is 12.5. The number of aromatic nitrogens is 1. The van der Waals surface area contributed by atoms with Crippen LogP contribution in [0.3, 0.4) is 0 Å². The molecule has 0 spiro atoms. The monoisotopic (exact) mass is 348 g/mol. The smallest absolute Gasteiger partial charge is 0.311 e. The summed E-state index contributed by atoms with van der Waals surface area (Å²) < 4.78 is 4.95. The second-order valence-electron chi connectivity index (χ2n) is 5.66. The molecule has 3 aromatic rings. The van der Waals surface area contributed by atoms with Crippen molar-refractivity contribution in [2.24, 2.45) is 0 Å². The number of methoxy groups -OCH3 is 1. The first-order chi connectivity index (χ1) is 12.6. The quantitative estimate of drug-likeness (QED) is 0.381. The third kappa shape index (κ3) is 3.75. The van der Waals surface area contributed by atoms with Gasteiger partial charge < -0.3 is 4.74 Å². The molecule has 0 radical (unpaired) electrons. The zero-order valence-electron chi connectivity index (χ0n) is 14.1. The molecule has 0 aliphatic heterocycles. The zero-order chi connectivity index (χ0) is 18.5. The molecule has 0 atom stereocenters. The van der Waals surface area contributed by atoms with Crippen molar-refractivity contribution in [1.29, 1.82) is 0 Å². The molecule has 26 heavy (non-hydrogen) atoms. The SMILES string of the molecule is COc1ccc(C(=O)Cc2ccc(-c3ccccc3)nc2)cc1[N+](=O)[O-]. The van der Waals surface area contributed by atoms with E-state index < -0.39 is 4.92 Å². The molecule has 0 aliphatic carbocycles. The summed E-state index contributed by atoms with van der Waals surface area (Å²) in [5.41, 5.74) is 2.60. The lowest BCUT2D eigenvalue weighted by molar-refractivity contribution is -0.385. The number of ether oxygens (including phenoxy) is 1. The number of nitro groups is 1. The minimum Gasteiger partial charge on any atom is -0.490 e. The first kappa shape index (κ1) is 17.3. The molecule has 0 saturated heterocycles. The van der Waals surface area contributed by atoms with Crippen LogP contribution in [0.4, 0.5) is 5.69 Å². The number of benzene rings is 2. The Hall–Kier alpha value is -3.54. The molecule has 0 unspecified atom stereocenters. The van der Waals surface area contributed by atoms with Crippen LogP contribution in [0, 0.1) is 10.1 Å². The minimum atomic E-state index is -0.564. The second-order valence-corrected chi connectivity index (χ2v) is 5.66. The molecule has 3 rings (SSSR count). The van der Waals surface area contributed by atoms with E-state index in [-0.39, 0.29) is 29.2 Å². The lowest BCUT2D eigenvalue weighted by atomic mass is 10.0. The van der Waals surface area contributed by atoms with Crippen molar-refractivity contribution < 1.29 is 14.5 Å². The number of nitro benzene ring substituents is 1. The van der Waals surface area contributed by atoms with Gasteiger partial charge in [0.2, 0.25) is 0 Å². The van der Waals surface area contributed by atoms with Crippen molar-refractivity contribution >= 4 is 11.5 Å². The van der Waals surface area contributed by atoms with Crippen molar-refractivity contribution in [3.8, 4) is 17.0 Å². The van der Waals surface area contributed by atoms with Gasteiger partial charge in [0.05, 0.1) is 17.7 Å². The lowest BCUT2D eigenvalue weighted by Crippen LogP contribution is -2.05.